The van der Waals surface area contributed by atoms with Gasteiger partial charge in [-0.05, 0) is 48.4 Å². The molecular formula is C27H25ClN2O3. The highest BCUT2D eigenvalue weighted by atomic mass is 35.5. The fourth-order valence-corrected chi connectivity index (χ4v) is 4.68. The summed E-state index contributed by atoms with van der Waals surface area (Å²) in [5.41, 5.74) is 3.81. The average Bonchev–Trinajstić information content (AvgIpc) is 3.15. The molecule has 5 rings (SSSR count). The number of carbonyl (C=O) groups excluding carboxylic acids is 1. The van der Waals surface area contributed by atoms with Crippen molar-refractivity contribution in [3.8, 4) is 11.5 Å². The molecule has 2 aliphatic heterocycles. The molecule has 33 heavy (non-hydrogen) atoms. The van der Waals surface area contributed by atoms with Crippen LogP contribution in [0, 0.1) is 6.92 Å². The molecule has 0 atom stereocenters. The highest BCUT2D eigenvalue weighted by Crippen LogP contribution is 2.42. The van der Waals surface area contributed by atoms with E-state index in [9.17, 15) is 9.90 Å². The van der Waals surface area contributed by atoms with Gasteiger partial charge < -0.3 is 14.7 Å². The summed E-state index contributed by atoms with van der Waals surface area (Å²) in [6.07, 6.45) is 1.67. The van der Waals surface area contributed by atoms with E-state index in [1.165, 1.54) is 5.69 Å². The lowest BCUT2D eigenvalue weighted by Crippen LogP contribution is -2.46. The minimum absolute atomic E-state index is 0.156. The van der Waals surface area contributed by atoms with Crippen LogP contribution in [-0.2, 0) is 6.54 Å². The Hall–Kier alpha value is -3.28. The third-order valence-electron chi connectivity index (χ3n) is 6.29. The molecule has 5 nitrogen and oxygen atoms in total. The summed E-state index contributed by atoms with van der Waals surface area (Å²) < 4.78 is 6.06. The minimum atomic E-state index is -0.183. The number of aromatic hydroxyl groups is 1. The van der Waals surface area contributed by atoms with Crippen molar-refractivity contribution in [3.63, 3.8) is 0 Å². The van der Waals surface area contributed by atoms with Gasteiger partial charge in [0.15, 0.2) is 5.76 Å². The Balaban J connectivity index is 1.38. The summed E-state index contributed by atoms with van der Waals surface area (Å²) in [7, 11) is 0. The number of hydrogen-bond donors (Lipinski definition) is 1. The number of phenols is 1. The predicted octanol–water partition coefficient (Wildman–Crippen LogP) is 5.29. The van der Waals surface area contributed by atoms with E-state index in [-0.39, 0.29) is 17.3 Å². The average molecular weight is 461 g/mol. The van der Waals surface area contributed by atoms with Gasteiger partial charge in [-0.1, -0.05) is 48.0 Å². The van der Waals surface area contributed by atoms with Crippen LogP contribution in [0.5, 0.6) is 11.5 Å². The predicted molar refractivity (Wildman–Crippen MR) is 131 cm³/mol. The van der Waals surface area contributed by atoms with Crippen LogP contribution in [0.4, 0.5) is 5.69 Å². The third-order valence-corrected chi connectivity index (χ3v) is 6.63. The number of phenolic OH excluding ortho intramolecular Hbond substituents is 1. The van der Waals surface area contributed by atoms with E-state index in [0.717, 1.165) is 31.7 Å². The van der Waals surface area contributed by atoms with Gasteiger partial charge in [-0.25, -0.2) is 0 Å². The molecule has 0 bridgehead atoms. The van der Waals surface area contributed by atoms with E-state index in [0.29, 0.717) is 34.0 Å². The fourth-order valence-electron chi connectivity index (χ4n) is 4.49. The van der Waals surface area contributed by atoms with E-state index in [1.807, 2.05) is 31.2 Å². The lowest BCUT2D eigenvalue weighted by Gasteiger charge is -2.36. The van der Waals surface area contributed by atoms with Crippen LogP contribution in [0.1, 0.15) is 27.0 Å². The number of halogens is 1. The molecule has 0 aliphatic carbocycles. The number of ketones is 1. The molecule has 0 radical (unpaired) electrons. The molecule has 0 saturated carbocycles. The molecule has 1 fully saturated rings. The monoisotopic (exact) mass is 460 g/mol. The van der Waals surface area contributed by atoms with Crippen molar-refractivity contribution in [3.05, 3.63) is 93.7 Å². The van der Waals surface area contributed by atoms with E-state index < -0.39 is 0 Å². The van der Waals surface area contributed by atoms with Crippen molar-refractivity contribution >= 4 is 29.1 Å². The Labute approximate surface area is 198 Å². The molecule has 2 heterocycles. The van der Waals surface area contributed by atoms with Gasteiger partial charge in [0.2, 0.25) is 5.78 Å². The molecule has 168 valence electrons. The molecular weight excluding hydrogens is 436 g/mol. The summed E-state index contributed by atoms with van der Waals surface area (Å²) in [6.45, 7) is 5.84. The van der Waals surface area contributed by atoms with Gasteiger partial charge in [0.25, 0.3) is 0 Å². The lowest BCUT2D eigenvalue weighted by molar-refractivity contribution is 0.101. The number of Topliss-reactive ketones (excluding diaryl/α,β-unsaturated/α-hetero) is 1. The van der Waals surface area contributed by atoms with Crippen LogP contribution >= 0.6 is 11.6 Å². The number of para-hydroxylation sites is 1. The van der Waals surface area contributed by atoms with Gasteiger partial charge in [0.1, 0.15) is 11.5 Å². The Kier molecular flexibility index (Phi) is 5.83. The molecule has 3 aromatic carbocycles. The Morgan fingerprint density at radius 1 is 1.03 bits per heavy atom. The van der Waals surface area contributed by atoms with Gasteiger partial charge in [0.05, 0.1) is 11.1 Å². The highest BCUT2D eigenvalue weighted by molar-refractivity contribution is 6.32. The van der Waals surface area contributed by atoms with Crippen molar-refractivity contribution in [2.75, 3.05) is 31.1 Å². The van der Waals surface area contributed by atoms with Crippen LogP contribution in [-0.4, -0.2) is 42.0 Å². The second-order valence-electron chi connectivity index (χ2n) is 8.46. The Bertz CT molecular complexity index is 1230. The van der Waals surface area contributed by atoms with Crippen molar-refractivity contribution < 1.29 is 14.6 Å². The van der Waals surface area contributed by atoms with Crippen LogP contribution in [0.15, 0.2) is 66.4 Å². The maximum absolute atomic E-state index is 13.2. The first-order valence-corrected chi connectivity index (χ1v) is 11.5. The molecule has 1 saturated heterocycles. The molecule has 2 aliphatic rings. The molecule has 0 spiro atoms. The number of ether oxygens (including phenoxy) is 1. The normalized spacial score (nSPS) is 17.3. The number of benzene rings is 3. The smallest absolute Gasteiger partial charge is 0.232 e. The standard InChI is InChI=1S/C27H25ClN2O3/c1-18-15-23(31)21(17-29-11-13-30(14-12-29)20-8-3-2-4-9-20)27-25(18)26(32)24(33-27)16-19-7-5-6-10-22(19)28/h2-10,15-16,31H,11-14,17H2,1H3/b24-16-. The quantitative estimate of drug-likeness (QED) is 0.536. The number of allylic oxidation sites excluding steroid dienone is 1. The zero-order chi connectivity index (χ0) is 22.9. The topological polar surface area (TPSA) is 53.0 Å². The van der Waals surface area contributed by atoms with Gasteiger partial charge in [-0.15, -0.1) is 0 Å². The number of anilines is 1. The minimum Gasteiger partial charge on any atom is -0.507 e. The number of nitrogens with zero attached hydrogens (tertiary/aromatic N) is 2. The number of carbonyl (C=O) groups is 1. The van der Waals surface area contributed by atoms with Crippen LogP contribution < -0.4 is 9.64 Å². The Morgan fingerprint density at radius 2 is 1.73 bits per heavy atom. The summed E-state index contributed by atoms with van der Waals surface area (Å²) in [4.78, 5) is 17.8. The SMILES string of the molecule is Cc1cc(O)c(CN2CCN(c3ccccc3)CC2)c2c1C(=O)/C(=C/c1ccccc1Cl)O2. The molecule has 3 aromatic rings. The number of piperazine rings is 1. The number of hydrogen-bond acceptors (Lipinski definition) is 5. The largest absolute Gasteiger partial charge is 0.507 e. The van der Waals surface area contributed by atoms with E-state index >= 15 is 0 Å². The first-order chi connectivity index (χ1) is 16.0. The van der Waals surface area contributed by atoms with Gasteiger partial charge in [-0.3, -0.25) is 9.69 Å². The molecule has 0 unspecified atom stereocenters. The first kappa shape index (κ1) is 21.6. The lowest BCUT2D eigenvalue weighted by atomic mass is 9.99. The second kappa shape index (κ2) is 8.93. The maximum atomic E-state index is 13.2. The third kappa shape index (κ3) is 4.22. The van der Waals surface area contributed by atoms with Crippen LogP contribution in [0.2, 0.25) is 5.02 Å². The van der Waals surface area contributed by atoms with Crippen molar-refractivity contribution in [1.29, 1.82) is 0 Å². The molecule has 0 aromatic heterocycles. The van der Waals surface area contributed by atoms with E-state index in [1.54, 1.807) is 18.2 Å². The van der Waals surface area contributed by atoms with E-state index in [4.69, 9.17) is 16.3 Å². The number of aryl methyl sites for hydroxylation is 1. The van der Waals surface area contributed by atoms with Crippen molar-refractivity contribution in [2.45, 2.75) is 13.5 Å². The van der Waals surface area contributed by atoms with Gasteiger partial charge in [0, 0.05) is 43.4 Å². The van der Waals surface area contributed by atoms with Crippen LogP contribution in [0.25, 0.3) is 6.08 Å². The summed E-state index contributed by atoms with van der Waals surface area (Å²) in [5.74, 6) is 0.657. The molecule has 0 amide bonds. The molecule has 1 N–H and O–H groups in total. The number of fused-ring (bicyclic) bond motifs is 1. The number of rotatable bonds is 4. The van der Waals surface area contributed by atoms with Crippen molar-refractivity contribution in [2.24, 2.45) is 0 Å². The summed E-state index contributed by atoms with van der Waals surface area (Å²) in [5, 5.41) is 11.3. The summed E-state index contributed by atoms with van der Waals surface area (Å²) >= 11 is 6.27. The van der Waals surface area contributed by atoms with Crippen molar-refractivity contribution in [1.82, 2.24) is 4.90 Å². The van der Waals surface area contributed by atoms with Gasteiger partial charge >= 0.3 is 0 Å². The van der Waals surface area contributed by atoms with Gasteiger partial charge in [-0.2, -0.15) is 0 Å². The fraction of sp³-hybridized carbons (Fsp3) is 0.222. The Morgan fingerprint density at radius 3 is 2.45 bits per heavy atom. The maximum Gasteiger partial charge on any atom is 0.232 e. The highest BCUT2D eigenvalue weighted by Gasteiger charge is 2.34. The second-order valence-corrected chi connectivity index (χ2v) is 8.86. The zero-order valence-corrected chi connectivity index (χ0v) is 19.2. The summed E-state index contributed by atoms with van der Waals surface area (Å²) in [6, 6.07) is 19.4. The van der Waals surface area contributed by atoms with E-state index in [2.05, 4.69) is 34.1 Å². The first-order valence-electron chi connectivity index (χ1n) is 11.1. The molecule has 6 heteroatoms. The zero-order valence-electron chi connectivity index (χ0n) is 18.4. The van der Waals surface area contributed by atoms with Crippen LogP contribution in [0.3, 0.4) is 0 Å².